The highest BCUT2D eigenvalue weighted by atomic mass is 16.5. The summed E-state index contributed by atoms with van der Waals surface area (Å²) in [5, 5.41) is 11.3. The van der Waals surface area contributed by atoms with Crippen molar-refractivity contribution in [2.24, 2.45) is 0 Å². The third-order valence-corrected chi connectivity index (χ3v) is 5.84. The summed E-state index contributed by atoms with van der Waals surface area (Å²) in [6.07, 6.45) is 0.870. The maximum atomic E-state index is 11.3. The fourth-order valence-corrected chi connectivity index (χ4v) is 4.23. The van der Waals surface area contributed by atoms with Gasteiger partial charge in [0.25, 0.3) is 0 Å². The molecule has 4 heteroatoms. The van der Waals surface area contributed by atoms with Crippen molar-refractivity contribution in [3.8, 4) is 11.5 Å². The zero-order chi connectivity index (χ0) is 24.3. The van der Waals surface area contributed by atoms with Gasteiger partial charge in [0, 0.05) is 43.5 Å². The first-order valence-electron chi connectivity index (χ1n) is 11.6. The molecule has 0 saturated carbocycles. The molecule has 0 saturated heterocycles. The number of rotatable bonds is 8. The van der Waals surface area contributed by atoms with E-state index in [4.69, 9.17) is 9.47 Å². The number of aryl methyl sites for hydroxylation is 2. The average Bonchev–Trinajstić information content (AvgIpc) is 2.67. The first kappa shape index (κ1) is 26.1. The Morgan fingerprint density at radius 3 is 1.94 bits per heavy atom. The highest BCUT2D eigenvalue weighted by molar-refractivity contribution is 5.65. The predicted octanol–water partition coefficient (Wildman–Crippen LogP) is 6.66. The largest absolute Gasteiger partial charge is 0.505 e. The summed E-state index contributed by atoms with van der Waals surface area (Å²) in [6.45, 7) is 19.4. The Bertz CT molecular complexity index is 920. The minimum Gasteiger partial charge on any atom is -0.505 e. The molecular formula is C28H43NO3. The zero-order valence-electron chi connectivity index (χ0n) is 21.8. The number of phenolic OH excluding ortho intramolecular Hbond substituents is 1. The summed E-state index contributed by atoms with van der Waals surface area (Å²) in [4.78, 5) is 2.26. The van der Waals surface area contributed by atoms with Gasteiger partial charge in [0.2, 0.25) is 0 Å². The molecule has 0 heterocycles. The van der Waals surface area contributed by atoms with Crippen LogP contribution >= 0.6 is 0 Å². The fraction of sp³-hybridized carbons (Fsp3) is 0.571. The lowest BCUT2D eigenvalue weighted by molar-refractivity contribution is 0.196. The van der Waals surface area contributed by atoms with Crippen LogP contribution < -0.4 is 9.64 Å². The quantitative estimate of drug-likeness (QED) is 0.465. The van der Waals surface area contributed by atoms with Crippen molar-refractivity contribution in [1.29, 1.82) is 0 Å². The van der Waals surface area contributed by atoms with Gasteiger partial charge in [0.05, 0.1) is 12.8 Å². The third-order valence-electron chi connectivity index (χ3n) is 5.84. The van der Waals surface area contributed by atoms with Crippen molar-refractivity contribution >= 4 is 5.69 Å². The lowest BCUT2D eigenvalue weighted by atomic mass is 9.83. The molecule has 2 rings (SSSR count). The molecule has 0 bridgehead atoms. The maximum absolute atomic E-state index is 11.3. The Hall–Kier alpha value is -2.20. The van der Waals surface area contributed by atoms with Gasteiger partial charge < -0.3 is 19.5 Å². The molecule has 2 aromatic carbocycles. The molecular weight excluding hydrogens is 398 g/mol. The molecule has 178 valence electrons. The van der Waals surface area contributed by atoms with E-state index in [1.807, 2.05) is 0 Å². The van der Waals surface area contributed by atoms with Crippen LogP contribution in [0.1, 0.15) is 75.8 Å². The van der Waals surface area contributed by atoms with Gasteiger partial charge in [-0.15, -0.1) is 0 Å². The zero-order valence-corrected chi connectivity index (χ0v) is 21.8. The van der Waals surface area contributed by atoms with E-state index >= 15 is 0 Å². The summed E-state index contributed by atoms with van der Waals surface area (Å²) in [5.74, 6) is 1.30. The van der Waals surface area contributed by atoms with E-state index in [2.05, 4.69) is 84.6 Å². The maximum Gasteiger partial charge on any atom is 0.142 e. The van der Waals surface area contributed by atoms with Crippen LogP contribution in [0, 0.1) is 13.8 Å². The number of ether oxygens (including phenoxy) is 2. The Labute approximate surface area is 195 Å². The fourth-order valence-electron chi connectivity index (χ4n) is 4.23. The van der Waals surface area contributed by atoms with Crippen molar-refractivity contribution in [2.75, 3.05) is 32.3 Å². The van der Waals surface area contributed by atoms with Crippen LogP contribution in [0.4, 0.5) is 5.69 Å². The van der Waals surface area contributed by atoms with Crippen molar-refractivity contribution < 1.29 is 14.6 Å². The molecule has 0 spiro atoms. The predicted molar refractivity (Wildman–Crippen MR) is 136 cm³/mol. The number of benzene rings is 2. The standard InChI is InChI=1S/C28H43NO3/c1-19-14-21(26(32-10)23(16-19)28(6,7)8)18-29(12-11-13-31-9)24-17-20(2)15-22(25(24)30)27(3,4)5/h14-17,30H,11-13,18H2,1-10H3. The molecule has 1 N–H and O–H groups in total. The van der Waals surface area contributed by atoms with Crippen LogP contribution in [-0.2, 0) is 22.1 Å². The van der Waals surface area contributed by atoms with Crippen molar-refractivity contribution in [1.82, 2.24) is 0 Å². The Morgan fingerprint density at radius 2 is 1.41 bits per heavy atom. The number of nitrogens with zero attached hydrogens (tertiary/aromatic N) is 1. The smallest absolute Gasteiger partial charge is 0.142 e. The van der Waals surface area contributed by atoms with Gasteiger partial charge in [-0.2, -0.15) is 0 Å². The van der Waals surface area contributed by atoms with Crippen LogP contribution in [0.15, 0.2) is 24.3 Å². The molecule has 2 aromatic rings. The minimum absolute atomic E-state index is 0.0299. The van der Waals surface area contributed by atoms with E-state index in [1.54, 1.807) is 14.2 Å². The van der Waals surface area contributed by atoms with Crippen LogP contribution in [0.3, 0.4) is 0 Å². The summed E-state index contributed by atoms with van der Waals surface area (Å²) in [5.41, 5.74) is 6.35. The van der Waals surface area contributed by atoms with Gasteiger partial charge in [-0.3, -0.25) is 0 Å². The summed E-state index contributed by atoms with van der Waals surface area (Å²) >= 11 is 0. The van der Waals surface area contributed by atoms with Crippen LogP contribution in [0.5, 0.6) is 11.5 Å². The topological polar surface area (TPSA) is 41.9 Å². The molecule has 32 heavy (non-hydrogen) atoms. The van der Waals surface area contributed by atoms with E-state index in [0.717, 1.165) is 41.1 Å². The number of phenols is 1. The van der Waals surface area contributed by atoms with Gasteiger partial charge in [-0.1, -0.05) is 65.3 Å². The van der Waals surface area contributed by atoms with Crippen molar-refractivity contribution in [2.45, 2.75) is 79.2 Å². The van der Waals surface area contributed by atoms with Gasteiger partial charge in [-0.05, 0) is 42.7 Å². The Morgan fingerprint density at radius 1 is 0.844 bits per heavy atom. The molecule has 0 aliphatic rings. The summed E-state index contributed by atoms with van der Waals surface area (Å²) < 4.78 is 11.3. The van der Waals surface area contributed by atoms with Gasteiger partial charge in [-0.25, -0.2) is 0 Å². The molecule has 0 aromatic heterocycles. The van der Waals surface area contributed by atoms with E-state index in [-0.39, 0.29) is 10.8 Å². The molecule has 0 aliphatic heterocycles. The normalized spacial score (nSPS) is 12.2. The lowest BCUT2D eigenvalue weighted by Crippen LogP contribution is -2.27. The molecule has 0 aliphatic carbocycles. The number of hydrogen-bond donors (Lipinski definition) is 1. The molecule has 0 unspecified atom stereocenters. The number of aromatic hydroxyl groups is 1. The van der Waals surface area contributed by atoms with Crippen LogP contribution in [0.2, 0.25) is 0 Å². The van der Waals surface area contributed by atoms with E-state index < -0.39 is 0 Å². The summed E-state index contributed by atoms with van der Waals surface area (Å²) in [7, 11) is 3.48. The van der Waals surface area contributed by atoms with Gasteiger partial charge in [0.1, 0.15) is 11.5 Å². The second-order valence-corrected chi connectivity index (χ2v) is 11.0. The van der Waals surface area contributed by atoms with Crippen LogP contribution in [-0.4, -0.2) is 32.5 Å². The van der Waals surface area contributed by atoms with E-state index in [0.29, 0.717) is 18.9 Å². The lowest BCUT2D eigenvalue weighted by Gasteiger charge is -2.31. The second-order valence-electron chi connectivity index (χ2n) is 11.0. The Kier molecular flexibility index (Phi) is 8.27. The van der Waals surface area contributed by atoms with Crippen molar-refractivity contribution in [3.63, 3.8) is 0 Å². The van der Waals surface area contributed by atoms with Gasteiger partial charge in [0.15, 0.2) is 0 Å². The minimum atomic E-state index is -0.149. The van der Waals surface area contributed by atoms with Crippen molar-refractivity contribution in [3.05, 3.63) is 52.1 Å². The van der Waals surface area contributed by atoms with E-state index in [1.165, 1.54) is 11.1 Å². The first-order chi connectivity index (χ1) is 14.8. The van der Waals surface area contributed by atoms with E-state index in [9.17, 15) is 5.11 Å². The molecule has 4 nitrogen and oxygen atoms in total. The number of hydrogen-bond acceptors (Lipinski definition) is 4. The molecule has 0 atom stereocenters. The number of methoxy groups -OCH3 is 2. The molecule has 0 amide bonds. The average molecular weight is 442 g/mol. The SMILES string of the molecule is COCCCN(Cc1cc(C)cc(C(C)(C)C)c1OC)c1cc(C)cc(C(C)(C)C)c1O. The van der Waals surface area contributed by atoms with Crippen LogP contribution in [0.25, 0.3) is 0 Å². The highest BCUT2D eigenvalue weighted by Crippen LogP contribution is 2.41. The third kappa shape index (κ3) is 6.19. The molecule has 0 radical (unpaired) electrons. The monoisotopic (exact) mass is 441 g/mol. The second kappa shape index (κ2) is 10.2. The first-order valence-corrected chi connectivity index (χ1v) is 11.6. The number of anilines is 1. The van der Waals surface area contributed by atoms with Gasteiger partial charge >= 0.3 is 0 Å². The molecule has 0 fully saturated rings. The summed E-state index contributed by atoms with van der Waals surface area (Å²) in [6, 6.07) is 8.61. The Balaban J connectivity index is 2.63. The highest BCUT2D eigenvalue weighted by Gasteiger charge is 2.26.